The number of aromatic nitrogens is 1. The number of carbonyl (C=O) groups is 1. The van der Waals surface area contributed by atoms with Gasteiger partial charge in [-0.1, -0.05) is 0 Å². The maximum atomic E-state index is 12.3. The highest BCUT2D eigenvalue weighted by atomic mass is 32.1. The number of hydrogen-bond acceptors (Lipinski definition) is 4. The molecule has 1 saturated heterocycles. The Kier molecular flexibility index (Phi) is 4.15. The zero-order valence-electron chi connectivity index (χ0n) is 12.0. The summed E-state index contributed by atoms with van der Waals surface area (Å²) in [6.45, 7) is 0.248. The third kappa shape index (κ3) is 3.60. The highest BCUT2D eigenvalue weighted by Gasteiger charge is 2.48. The third-order valence-corrected chi connectivity index (χ3v) is 5.30. The lowest BCUT2D eigenvalue weighted by Crippen LogP contribution is -2.60. The van der Waals surface area contributed by atoms with Gasteiger partial charge in [0.2, 0.25) is 0 Å². The Balaban J connectivity index is 1.43. The first-order chi connectivity index (χ1) is 10.4. The smallest absolute Gasteiger partial charge is 0.347 e. The van der Waals surface area contributed by atoms with Crippen LogP contribution >= 0.6 is 11.3 Å². The van der Waals surface area contributed by atoms with E-state index in [1.807, 2.05) is 0 Å². The molecule has 1 spiro atoms. The molecule has 1 aromatic heterocycles. The van der Waals surface area contributed by atoms with Crippen LogP contribution < -0.4 is 5.32 Å². The van der Waals surface area contributed by atoms with E-state index in [9.17, 15) is 18.0 Å². The van der Waals surface area contributed by atoms with Crippen molar-refractivity contribution in [1.29, 1.82) is 0 Å². The molecule has 1 aliphatic carbocycles. The molecule has 3 rings (SSSR count). The molecule has 0 atom stereocenters. The van der Waals surface area contributed by atoms with Crippen molar-refractivity contribution >= 4 is 17.2 Å². The Morgan fingerprint density at radius 2 is 2.09 bits per heavy atom. The number of thiazole rings is 1. The van der Waals surface area contributed by atoms with Crippen LogP contribution in [0.4, 0.5) is 13.2 Å². The number of nitrogens with one attached hydrogen (secondary N) is 1. The molecule has 2 heterocycles. The predicted octanol–water partition coefficient (Wildman–Crippen LogP) is 2.68. The summed E-state index contributed by atoms with van der Waals surface area (Å²) >= 11 is 1.30. The first-order valence-electron chi connectivity index (χ1n) is 7.35. The van der Waals surface area contributed by atoms with Gasteiger partial charge in [0, 0.05) is 30.7 Å². The van der Waals surface area contributed by atoms with Gasteiger partial charge >= 0.3 is 6.18 Å². The molecule has 2 aliphatic rings. The third-order valence-electron chi connectivity index (χ3n) is 4.53. The summed E-state index contributed by atoms with van der Waals surface area (Å²) in [5.41, 5.74) is 0.0354. The minimum atomic E-state index is -4.11. The number of amides is 1. The Morgan fingerprint density at radius 1 is 1.41 bits per heavy atom. The fourth-order valence-electron chi connectivity index (χ4n) is 3.54. The Labute approximate surface area is 130 Å². The summed E-state index contributed by atoms with van der Waals surface area (Å²) in [7, 11) is 0. The Bertz CT molecular complexity index is 516. The zero-order valence-corrected chi connectivity index (χ0v) is 12.8. The lowest BCUT2D eigenvalue weighted by atomic mass is 9.67. The number of nitrogens with zero attached hydrogens (tertiary/aromatic N) is 2. The number of carbonyl (C=O) groups excluding carboxylic acids is 1. The van der Waals surface area contributed by atoms with Crippen molar-refractivity contribution in [2.75, 3.05) is 19.6 Å². The number of alkyl halides is 3. The number of likely N-dealkylation sites (tertiary alicyclic amines) is 1. The molecule has 8 heteroatoms. The molecule has 1 amide bonds. The largest absolute Gasteiger partial charge is 0.401 e. The standard InChI is InChI=1S/C14H18F3N3OS/c15-14(16,17)9-20-7-13(8-20)3-1-10(2-4-13)19-11(21)12-18-5-6-22-12/h5-6,10H,1-4,7-9H2,(H,19,21). The highest BCUT2D eigenvalue weighted by Crippen LogP contribution is 2.44. The zero-order chi connectivity index (χ0) is 15.8. The first kappa shape index (κ1) is 15.7. The van der Waals surface area contributed by atoms with E-state index in [0.29, 0.717) is 18.1 Å². The van der Waals surface area contributed by atoms with Crippen LogP contribution in [0.5, 0.6) is 0 Å². The van der Waals surface area contributed by atoms with E-state index in [-0.39, 0.29) is 17.4 Å². The minimum absolute atomic E-state index is 0.0354. The van der Waals surface area contributed by atoms with Crippen LogP contribution in [0.3, 0.4) is 0 Å². The molecule has 0 radical (unpaired) electrons. The quantitative estimate of drug-likeness (QED) is 0.925. The van der Waals surface area contributed by atoms with E-state index in [4.69, 9.17) is 0 Å². The van der Waals surface area contributed by atoms with Gasteiger partial charge in [0.15, 0.2) is 5.01 Å². The normalized spacial score (nSPS) is 22.5. The second-order valence-corrected chi connectivity index (χ2v) is 7.24. The molecule has 2 fully saturated rings. The average Bonchev–Trinajstić information content (AvgIpc) is 2.91. The van der Waals surface area contributed by atoms with Gasteiger partial charge in [0.25, 0.3) is 5.91 Å². The SMILES string of the molecule is O=C(NC1CCC2(CC1)CN(CC(F)(F)F)C2)c1nccs1. The van der Waals surface area contributed by atoms with Crippen LogP contribution in [-0.4, -0.2) is 47.6 Å². The average molecular weight is 333 g/mol. The van der Waals surface area contributed by atoms with E-state index >= 15 is 0 Å². The van der Waals surface area contributed by atoms with Crippen molar-refractivity contribution in [3.63, 3.8) is 0 Å². The van der Waals surface area contributed by atoms with Crippen molar-refractivity contribution in [1.82, 2.24) is 15.2 Å². The predicted molar refractivity (Wildman–Crippen MR) is 76.8 cm³/mol. The molecular weight excluding hydrogens is 315 g/mol. The molecule has 4 nitrogen and oxygen atoms in total. The van der Waals surface area contributed by atoms with Crippen molar-refractivity contribution < 1.29 is 18.0 Å². The second-order valence-electron chi connectivity index (χ2n) is 6.35. The van der Waals surface area contributed by atoms with Crippen molar-refractivity contribution in [2.24, 2.45) is 5.41 Å². The van der Waals surface area contributed by atoms with Gasteiger partial charge in [-0.15, -0.1) is 11.3 Å². The lowest BCUT2D eigenvalue weighted by molar-refractivity contribution is -0.173. The summed E-state index contributed by atoms with van der Waals surface area (Å²) in [6.07, 6.45) is 0.905. The summed E-state index contributed by atoms with van der Waals surface area (Å²) < 4.78 is 37.0. The van der Waals surface area contributed by atoms with E-state index in [2.05, 4.69) is 10.3 Å². The van der Waals surface area contributed by atoms with Gasteiger partial charge in [-0.3, -0.25) is 9.69 Å². The monoisotopic (exact) mass is 333 g/mol. The van der Waals surface area contributed by atoms with Crippen LogP contribution in [0.15, 0.2) is 11.6 Å². The fourth-order valence-corrected chi connectivity index (χ4v) is 4.08. The molecule has 0 aromatic carbocycles. The van der Waals surface area contributed by atoms with E-state index in [1.165, 1.54) is 16.2 Å². The lowest BCUT2D eigenvalue weighted by Gasteiger charge is -2.53. The Hall–Kier alpha value is -1.15. The summed E-state index contributed by atoms with van der Waals surface area (Å²) in [6, 6.07) is 0.110. The van der Waals surface area contributed by atoms with Crippen LogP contribution in [0.25, 0.3) is 0 Å². The van der Waals surface area contributed by atoms with Crippen molar-refractivity contribution in [2.45, 2.75) is 37.9 Å². The Morgan fingerprint density at radius 3 is 2.64 bits per heavy atom. The number of rotatable bonds is 3. The van der Waals surface area contributed by atoms with Gasteiger partial charge in [-0.05, 0) is 31.1 Å². The van der Waals surface area contributed by atoms with Crippen LogP contribution in [0, 0.1) is 5.41 Å². The minimum Gasteiger partial charge on any atom is -0.347 e. The summed E-state index contributed by atoms with van der Waals surface area (Å²) in [4.78, 5) is 17.4. The molecule has 122 valence electrons. The van der Waals surface area contributed by atoms with Gasteiger partial charge in [-0.25, -0.2) is 4.98 Å². The number of halogens is 3. The molecule has 1 N–H and O–H groups in total. The molecule has 1 aliphatic heterocycles. The van der Waals surface area contributed by atoms with E-state index < -0.39 is 12.7 Å². The molecule has 0 bridgehead atoms. The first-order valence-corrected chi connectivity index (χ1v) is 8.23. The van der Waals surface area contributed by atoms with Crippen LogP contribution in [-0.2, 0) is 0 Å². The van der Waals surface area contributed by atoms with Crippen LogP contribution in [0.2, 0.25) is 0 Å². The van der Waals surface area contributed by atoms with Gasteiger partial charge < -0.3 is 5.32 Å². The number of hydrogen-bond donors (Lipinski definition) is 1. The molecule has 22 heavy (non-hydrogen) atoms. The van der Waals surface area contributed by atoms with Gasteiger partial charge in [-0.2, -0.15) is 13.2 Å². The van der Waals surface area contributed by atoms with E-state index in [0.717, 1.165) is 25.7 Å². The molecule has 1 saturated carbocycles. The second kappa shape index (κ2) is 5.81. The van der Waals surface area contributed by atoms with Crippen molar-refractivity contribution in [3.05, 3.63) is 16.6 Å². The topological polar surface area (TPSA) is 45.2 Å². The molecule has 0 unspecified atom stereocenters. The van der Waals surface area contributed by atoms with Gasteiger partial charge in [0.05, 0.1) is 6.54 Å². The fraction of sp³-hybridized carbons (Fsp3) is 0.714. The maximum Gasteiger partial charge on any atom is 0.401 e. The maximum absolute atomic E-state index is 12.3. The highest BCUT2D eigenvalue weighted by molar-refractivity contribution is 7.11. The molecule has 1 aromatic rings. The van der Waals surface area contributed by atoms with E-state index in [1.54, 1.807) is 11.6 Å². The van der Waals surface area contributed by atoms with Gasteiger partial charge in [0.1, 0.15) is 0 Å². The summed E-state index contributed by atoms with van der Waals surface area (Å²) in [5, 5.41) is 5.19. The summed E-state index contributed by atoms with van der Waals surface area (Å²) in [5.74, 6) is -0.150. The van der Waals surface area contributed by atoms with Crippen LogP contribution in [0.1, 0.15) is 35.5 Å². The molecular formula is C14H18F3N3OS. The van der Waals surface area contributed by atoms with Crippen molar-refractivity contribution in [3.8, 4) is 0 Å².